The second-order valence-corrected chi connectivity index (χ2v) is 30.7. The summed E-state index contributed by atoms with van der Waals surface area (Å²) < 4.78 is 61.5. The molecule has 0 aromatic rings. The molecule has 20 nitrogen and oxygen atoms in total. The average molecular weight is 1390 g/mol. The van der Waals surface area contributed by atoms with Crippen molar-refractivity contribution in [3.63, 3.8) is 0 Å². The molecule has 0 spiro atoms. The average Bonchev–Trinajstić information content (AvgIpc) is 0.853. The minimum Gasteiger partial charge on any atom is -0.458 e. The van der Waals surface area contributed by atoms with E-state index < -0.39 is 127 Å². The van der Waals surface area contributed by atoms with E-state index in [1.165, 1.54) is 12.2 Å². The van der Waals surface area contributed by atoms with Gasteiger partial charge in [-0.25, -0.2) is 9.59 Å². The lowest BCUT2D eigenvalue weighted by molar-refractivity contribution is -0.159. The van der Waals surface area contributed by atoms with Crippen LogP contribution < -0.4 is 0 Å². The molecule has 0 saturated carbocycles. The summed E-state index contributed by atoms with van der Waals surface area (Å²) in [5.41, 5.74) is 1.41. The molecule has 8 N–H and O–H groups in total. The van der Waals surface area contributed by atoms with Gasteiger partial charge in [0, 0.05) is 95.4 Å². The fourth-order valence-electron chi connectivity index (χ4n) is 15.7. The Morgan fingerprint density at radius 3 is 1.31 bits per heavy atom. The molecular formula is C78H134O20. The highest BCUT2D eigenvalue weighted by Crippen LogP contribution is 2.37. The Morgan fingerprint density at radius 1 is 0.469 bits per heavy atom. The predicted octanol–water partition coefficient (Wildman–Crippen LogP) is 10.3. The van der Waals surface area contributed by atoms with Crippen molar-refractivity contribution in [3.8, 4) is 0 Å². The van der Waals surface area contributed by atoms with Crippen molar-refractivity contribution in [2.45, 2.75) is 346 Å². The monoisotopic (exact) mass is 1390 g/mol. The summed E-state index contributed by atoms with van der Waals surface area (Å²) in [5, 5.41) is 94.5. The van der Waals surface area contributed by atoms with Crippen LogP contribution >= 0.6 is 0 Å². The van der Waals surface area contributed by atoms with Crippen LogP contribution in [0, 0.1) is 47.3 Å². The number of methoxy groups -OCH3 is 4. The van der Waals surface area contributed by atoms with Crippen LogP contribution in [0.15, 0.2) is 59.8 Å². The summed E-state index contributed by atoms with van der Waals surface area (Å²) in [4.78, 5) is 27.8. The molecule has 0 aromatic heterocycles. The number of rotatable bonds is 16. The van der Waals surface area contributed by atoms with Crippen LogP contribution in [-0.2, 0) is 57.0 Å². The molecule has 30 atom stereocenters. The topological polar surface area (TPSA) is 288 Å². The van der Waals surface area contributed by atoms with E-state index in [1.54, 1.807) is 54.4 Å². The van der Waals surface area contributed by atoms with Crippen molar-refractivity contribution in [2.75, 3.05) is 28.4 Å². The maximum absolute atomic E-state index is 13.9. The minimum atomic E-state index is -1.16. The van der Waals surface area contributed by atoms with Crippen LogP contribution in [0.2, 0.25) is 0 Å². The van der Waals surface area contributed by atoms with Crippen LogP contribution in [0.1, 0.15) is 212 Å². The Labute approximate surface area is 588 Å². The Morgan fingerprint density at radius 2 is 0.878 bits per heavy atom. The molecule has 98 heavy (non-hydrogen) atoms. The second kappa shape index (κ2) is 43.3. The number of aliphatic hydroxyl groups is 8. The zero-order chi connectivity index (χ0) is 72.5. The van der Waals surface area contributed by atoms with Gasteiger partial charge in [-0.2, -0.15) is 0 Å². The lowest BCUT2D eigenvalue weighted by Gasteiger charge is -2.38. The maximum Gasteiger partial charge on any atom is 0.331 e. The Kier molecular flexibility index (Phi) is 37.9. The fraction of sp³-hybridized carbons (Fsp3) is 0.846. The van der Waals surface area contributed by atoms with E-state index in [0.29, 0.717) is 68.9 Å². The molecule has 0 aromatic carbocycles. The van der Waals surface area contributed by atoms with Gasteiger partial charge in [0.05, 0.1) is 122 Å². The van der Waals surface area contributed by atoms with Gasteiger partial charge in [0.2, 0.25) is 0 Å². The van der Waals surface area contributed by atoms with E-state index in [2.05, 4.69) is 0 Å². The summed E-state index contributed by atoms with van der Waals surface area (Å²) in [6.45, 7) is 22.6. The van der Waals surface area contributed by atoms with E-state index in [1.807, 2.05) is 93.5 Å². The molecule has 5 rings (SSSR count). The fourth-order valence-corrected chi connectivity index (χ4v) is 15.7. The number of carbonyl (C=O) groups is 2. The molecule has 5 aliphatic heterocycles. The first kappa shape index (κ1) is 85.6. The Balaban J connectivity index is 1.36. The quantitative estimate of drug-likeness (QED) is 0.0526. The van der Waals surface area contributed by atoms with Gasteiger partial charge in [-0.1, -0.05) is 103 Å². The molecule has 4 bridgehead atoms. The summed E-state index contributed by atoms with van der Waals surface area (Å²) in [6, 6.07) is 0. The number of aliphatic hydroxyl groups excluding tert-OH is 8. The van der Waals surface area contributed by atoms with Crippen LogP contribution in [0.25, 0.3) is 0 Å². The number of esters is 2. The van der Waals surface area contributed by atoms with E-state index >= 15 is 0 Å². The maximum atomic E-state index is 13.9. The highest BCUT2D eigenvalue weighted by atomic mass is 16.6. The number of allylic oxidation sites excluding steroid dienone is 4. The minimum absolute atomic E-state index is 0.0260. The molecule has 0 radical (unpaired) electrons. The first-order chi connectivity index (χ1) is 46.4. The van der Waals surface area contributed by atoms with Crippen molar-refractivity contribution in [1.82, 2.24) is 0 Å². The standard InChI is InChI=1S/C78H134O20/c1-45-23-29-57(79)37-59-19-17-21-61(95-59)41-71(91-15)52(8)68(82)44-70(84)54(10)78(56(12)76(88)48(4)28-32-64-40-66(90-14)36-50(6)94-64)98-74(86)34-26-46(2)24-30-58(80)38-60-20-18-22-62(96-60)42-72(92-16)51(7)67(81)43-69(83)53(9)77(97-73(85)33-25-45)55(11)75(87)47(3)27-31-63-39-65(89-13)35-49(5)93-63/h17,19,23-26,33-34,47-72,75-84,87-88H,18,20-22,27-32,35-44H2,1-16H3/b33-25+,34-26-,45-23+,46-24+/t47-,48+,49+,50+,51+,52+,53+,54+,55+,56+,57+,58-,59+,60+,61+,62+,63+,64+,65-,66-,67-,68+,69+,70-,71-,72+,75+,76+,77+,78+/m1/s1. The highest BCUT2D eigenvalue weighted by molar-refractivity contribution is 5.83. The smallest absolute Gasteiger partial charge is 0.331 e. The SMILES string of the molecule is CO[C@H]1C[C@H](CC[C@@H](C)[C@H](O)[C@H](C)[C@H]2OC(=O)/C=C/C(C)=C/C[C@H](O)C[C@@H]3C=CC[C@@H](C[C@@H](OC)[C@@H](C)[C@@H](O)C[C@@H](O)[C@H](C)[C@@H]([C@@H](C)[C@@H](O)[C@@H](C)CC[C@H]4C[C@H](OC)C[C@H](C)O4)OC(=O)/C=C\C(C)=C\C[C@@H](O)C[C@@H]4CCC[C@@H](C[C@H](OC)[C@@H](C)[C@H](O)C[C@H](O)[C@@H]2C)O4)O3)O[C@@H](C)C1. The van der Waals surface area contributed by atoms with Crippen LogP contribution in [0.4, 0.5) is 0 Å². The largest absolute Gasteiger partial charge is 0.458 e. The second-order valence-electron chi connectivity index (χ2n) is 30.7. The number of carbonyl (C=O) groups excluding carboxylic acids is 2. The lowest BCUT2D eigenvalue weighted by Crippen LogP contribution is -2.45. The van der Waals surface area contributed by atoms with Gasteiger partial charge in [-0.05, 0) is 149 Å². The molecule has 0 aliphatic carbocycles. The molecule has 3 fully saturated rings. The van der Waals surface area contributed by atoms with Gasteiger partial charge >= 0.3 is 11.9 Å². The summed E-state index contributed by atoms with van der Waals surface area (Å²) in [7, 11) is 6.61. The predicted molar refractivity (Wildman–Crippen MR) is 378 cm³/mol. The van der Waals surface area contributed by atoms with Gasteiger partial charge in [-0.15, -0.1) is 0 Å². The van der Waals surface area contributed by atoms with Gasteiger partial charge in [0.1, 0.15) is 12.2 Å². The van der Waals surface area contributed by atoms with Crippen molar-refractivity contribution >= 4 is 11.9 Å². The van der Waals surface area contributed by atoms with Crippen molar-refractivity contribution in [3.05, 3.63) is 59.8 Å². The summed E-state index contributed by atoms with van der Waals surface area (Å²) in [6.07, 6.45) is 12.7. The molecule has 0 unspecified atom stereocenters. The van der Waals surface area contributed by atoms with Gasteiger partial charge in [-0.3, -0.25) is 0 Å². The first-order valence-corrected chi connectivity index (χ1v) is 37.4. The van der Waals surface area contributed by atoms with Crippen molar-refractivity contribution < 1.29 is 97.8 Å². The van der Waals surface area contributed by atoms with E-state index in [-0.39, 0.29) is 92.5 Å². The van der Waals surface area contributed by atoms with E-state index in [4.69, 9.17) is 47.4 Å². The van der Waals surface area contributed by atoms with Crippen LogP contribution in [0.5, 0.6) is 0 Å². The number of cyclic esters (lactones) is 2. The van der Waals surface area contributed by atoms with Gasteiger partial charge in [0.25, 0.3) is 0 Å². The highest BCUT2D eigenvalue weighted by Gasteiger charge is 2.43. The zero-order valence-electron chi connectivity index (χ0n) is 62.6. The molecule has 566 valence electrons. The van der Waals surface area contributed by atoms with E-state index in [9.17, 15) is 50.4 Å². The van der Waals surface area contributed by atoms with Crippen LogP contribution in [-0.4, -0.2) is 216 Å². The molecular weight excluding hydrogens is 1260 g/mol. The normalized spacial score (nSPS) is 41.2. The van der Waals surface area contributed by atoms with Crippen LogP contribution in [0.3, 0.4) is 0 Å². The molecule has 5 heterocycles. The summed E-state index contributed by atoms with van der Waals surface area (Å²) in [5.74, 6) is -5.42. The Hall–Kier alpha value is -3.00. The Bertz CT molecular complexity index is 2440. The third-order valence-corrected chi connectivity index (χ3v) is 22.6. The first-order valence-electron chi connectivity index (χ1n) is 37.4. The number of hydrogen-bond donors (Lipinski definition) is 8. The third kappa shape index (κ3) is 28.2. The summed E-state index contributed by atoms with van der Waals surface area (Å²) >= 11 is 0. The molecule has 20 heteroatoms. The number of fused-ring (bicyclic) bond motifs is 4. The van der Waals surface area contributed by atoms with E-state index in [0.717, 1.165) is 44.9 Å². The number of hydrogen-bond acceptors (Lipinski definition) is 20. The lowest BCUT2D eigenvalue weighted by atomic mass is 9.78. The molecule has 5 aliphatic rings. The third-order valence-electron chi connectivity index (χ3n) is 22.6. The number of ether oxygens (including phenoxy) is 10. The van der Waals surface area contributed by atoms with Gasteiger partial charge in [0.15, 0.2) is 0 Å². The molecule has 0 amide bonds. The van der Waals surface area contributed by atoms with Crippen molar-refractivity contribution in [1.29, 1.82) is 0 Å². The van der Waals surface area contributed by atoms with Crippen molar-refractivity contribution in [2.24, 2.45) is 47.3 Å². The zero-order valence-corrected chi connectivity index (χ0v) is 62.6. The molecule has 3 saturated heterocycles. The van der Waals surface area contributed by atoms with Gasteiger partial charge < -0.3 is 88.2 Å².